The van der Waals surface area contributed by atoms with E-state index in [0.29, 0.717) is 5.56 Å². The summed E-state index contributed by atoms with van der Waals surface area (Å²) in [6.45, 7) is 3.79. The molecular formula is C14H20N2O6. The normalized spacial score (nSPS) is 24.4. The van der Waals surface area contributed by atoms with E-state index in [1.807, 2.05) is 6.92 Å². The van der Waals surface area contributed by atoms with Crippen molar-refractivity contribution in [2.24, 2.45) is 0 Å². The number of aliphatic hydroxyl groups is 1. The lowest BCUT2D eigenvalue weighted by atomic mass is 10.2. The zero-order valence-corrected chi connectivity index (χ0v) is 12.6. The Labute approximate surface area is 126 Å². The number of aryl methyl sites for hydroxylation is 1. The highest BCUT2D eigenvalue weighted by molar-refractivity contribution is 5.75. The average Bonchev–Trinajstić information content (AvgIpc) is 2.85. The third-order valence-corrected chi connectivity index (χ3v) is 3.53. The van der Waals surface area contributed by atoms with Gasteiger partial charge in [-0.05, 0) is 13.3 Å². The summed E-state index contributed by atoms with van der Waals surface area (Å²) >= 11 is 0. The Bertz CT molecular complexity index is 649. The predicted octanol–water partition coefficient (Wildman–Crippen LogP) is -0.163. The number of aromatic amines is 1. The number of rotatable bonds is 5. The van der Waals surface area contributed by atoms with Crippen LogP contribution in [0.25, 0.3) is 0 Å². The van der Waals surface area contributed by atoms with Gasteiger partial charge in [0.25, 0.3) is 5.56 Å². The summed E-state index contributed by atoms with van der Waals surface area (Å²) in [4.78, 5) is 37.2. The lowest BCUT2D eigenvalue weighted by Gasteiger charge is -2.15. The number of aromatic nitrogens is 2. The van der Waals surface area contributed by atoms with Gasteiger partial charge in [0.15, 0.2) is 6.10 Å². The van der Waals surface area contributed by atoms with Crippen molar-refractivity contribution in [3.63, 3.8) is 0 Å². The molecule has 1 saturated heterocycles. The molecule has 22 heavy (non-hydrogen) atoms. The molecule has 0 spiro atoms. The van der Waals surface area contributed by atoms with E-state index >= 15 is 0 Å². The van der Waals surface area contributed by atoms with Gasteiger partial charge in [0.1, 0.15) is 6.23 Å². The fourth-order valence-corrected chi connectivity index (χ4v) is 2.24. The molecular weight excluding hydrogens is 292 g/mol. The van der Waals surface area contributed by atoms with E-state index in [0.717, 1.165) is 12.8 Å². The molecule has 8 heteroatoms. The van der Waals surface area contributed by atoms with Crippen molar-refractivity contribution in [3.05, 3.63) is 32.6 Å². The molecule has 2 heterocycles. The highest BCUT2D eigenvalue weighted by atomic mass is 16.6. The number of hydrogen-bond acceptors (Lipinski definition) is 6. The molecule has 1 aliphatic rings. The Kier molecular flexibility index (Phi) is 5.15. The minimum absolute atomic E-state index is 0.0684. The van der Waals surface area contributed by atoms with Gasteiger partial charge in [-0.1, -0.05) is 13.3 Å². The van der Waals surface area contributed by atoms with Crippen molar-refractivity contribution in [1.82, 2.24) is 9.55 Å². The second kappa shape index (κ2) is 6.89. The Hall–Kier alpha value is -1.93. The molecule has 1 aromatic rings. The summed E-state index contributed by atoms with van der Waals surface area (Å²) in [5, 5.41) is 9.95. The standard InChI is InChI=1S/C14H20N2O6/c1-3-4-5-21-13(19)11-9(17)6-10(22-11)16-7-8(2)12(18)15-14(16)20/h7,9-11,17H,3-6H2,1-2H3,(H,15,18,20)/t9-,10+,11-/m0/s1. The number of ether oxygens (including phenoxy) is 2. The summed E-state index contributed by atoms with van der Waals surface area (Å²) < 4.78 is 11.6. The molecule has 3 atom stereocenters. The van der Waals surface area contributed by atoms with Gasteiger partial charge >= 0.3 is 11.7 Å². The maximum absolute atomic E-state index is 11.9. The third-order valence-electron chi connectivity index (χ3n) is 3.53. The smallest absolute Gasteiger partial charge is 0.338 e. The average molecular weight is 312 g/mol. The Morgan fingerprint density at radius 3 is 2.95 bits per heavy atom. The molecule has 122 valence electrons. The Balaban J connectivity index is 2.10. The van der Waals surface area contributed by atoms with Crippen molar-refractivity contribution in [2.75, 3.05) is 6.61 Å². The zero-order valence-electron chi connectivity index (χ0n) is 12.6. The van der Waals surface area contributed by atoms with E-state index in [2.05, 4.69) is 4.98 Å². The predicted molar refractivity (Wildman–Crippen MR) is 76.5 cm³/mol. The molecule has 1 aliphatic heterocycles. The lowest BCUT2D eigenvalue weighted by Crippen LogP contribution is -2.34. The first kappa shape index (κ1) is 16.4. The number of carbonyl (C=O) groups is 1. The van der Waals surface area contributed by atoms with Crippen LogP contribution in [0.5, 0.6) is 0 Å². The molecule has 1 fully saturated rings. The number of carbonyl (C=O) groups excluding carboxylic acids is 1. The van der Waals surface area contributed by atoms with Gasteiger partial charge in [-0.25, -0.2) is 9.59 Å². The highest BCUT2D eigenvalue weighted by Crippen LogP contribution is 2.28. The molecule has 8 nitrogen and oxygen atoms in total. The first-order chi connectivity index (χ1) is 10.4. The van der Waals surface area contributed by atoms with Crippen LogP contribution in [0.4, 0.5) is 0 Å². The van der Waals surface area contributed by atoms with Crippen LogP contribution in [0, 0.1) is 6.92 Å². The maximum Gasteiger partial charge on any atom is 0.338 e. The highest BCUT2D eigenvalue weighted by Gasteiger charge is 2.41. The summed E-state index contributed by atoms with van der Waals surface area (Å²) in [6, 6.07) is 0. The number of unbranched alkanes of at least 4 members (excludes halogenated alkanes) is 1. The summed E-state index contributed by atoms with van der Waals surface area (Å²) in [6.07, 6.45) is 0.0375. The maximum atomic E-state index is 11.9. The minimum Gasteiger partial charge on any atom is -0.464 e. The molecule has 2 rings (SSSR count). The van der Waals surface area contributed by atoms with Gasteiger partial charge in [-0.2, -0.15) is 0 Å². The van der Waals surface area contributed by atoms with Crippen molar-refractivity contribution in [3.8, 4) is 0 Å². The Morgan fingerprint density at radius 2 is 2.27 bits per heavy atom. The Morgan fingerprint density at radius 1 is 1.55 bits per heavy atom. The molecule has 0 amide bonds. The van der Waals surface area contributed by atoms with E-state index in [1.165, 1.54) is 10.8 Å². The SMILES string of the molecule is CCCCOC(=O)[C@H]1O[C@@H](n2cc(C)c(=O)[nH]c2=O)C[C@@H]1O. The van der Waals surface area contributed by atoms with Gasteiger partial charge in [-0.15, -0.1) is 0 Å². The van der Waals surface area contributed by atoms with Crippen LogP contribution in [0.15, 0.2) is 15.8 Å². The fraction of sp³-hybridized carbons (Fsp3) is 0.643. The van der Waals surface area contributed by atoms with E-state index < -0.39 is 35.7 Å². The largest absolute Gasteiger partial charge is 0.464 e. The van der Waals surface area contributed by atoms with Crippen LogP contribution in [0.1, 0.15) is 38.0 Å². The third kappa shape index (κ3) is 3.45. The first-order valence-electron chi connectivity index (χ1n) is 7.26. The number of nitrogens with one attached hydrogen (secondary N) is 1. The lowest BCUT2D eigenvalue weighted by molar-refractivity contribution is -0.162. The monoisotopic (exact) mass is 312 g/mol. The molecule has 0 bridgehead atoms. The zero-order chi connectivity index (χ0) is 16.3. The van der Waals surface area contributed by atoms with Crippen molar-refractivity contribution in [2.45, 2.75) is 51.5 Å². The topological polar surface area (TPSA) is 111 Å². The van der Waals surface area contributed by atoms with Crippen LogP contribution < -0.4 is 11.2 Å². The number of hydrogen-bond donors (Lipinski definition) is 2. The second-order valence-corrected chi connectivity index (χ2v) is 5.31. The van der Waals surface area contributed by atoms with Gasteiger partial charge in [0.2, 0.25) is 0 Å². The quantitative estimate of drug-likeness (QED) is 0.577. The second-order valence-electron chi connectivity index (χ2n) is 5.31. The summed E-state index contributed by atoms with van der Waals surface area (Å²) in [5.74, 6) is -0.641. The summed E-state index contributed by atoms with van der Waals surface area (Å²) in [7, 11) is 0. The van der Waals surface area contributed by atoms with E-state index in [4.69, 9.17) is 9.47 Å². The first-order valence-corrected chi connectivity index (χ1v) is 7.26. The van der Waals surface area contributed by atoms with Crippen molar-refractivity contribution in [1.29, 1.82) is 0 Å². The molecule has 0 unspecified atom stereocenters. The van der Waals surface area contributed by atoms with Gasteiger partial charge in [0.05, 0.1) is 12.7 Å². The van der Waals surface area contributed by atoms with Crippen molar-refractivity contribution < 1.29 is 19.4 Å². The van der Waals surface area contributed by atoms with Crippen LogP contribution in [0.2, 0.25) is 0 Å². The number of H-pyrrole nitrogens is 1. The molecule has 0 saturated carbocycles. The van der Waals surface area contributed by atoms with Crippen LogP contribution >= 0.6 is 0 Å². The van der Waals surface area contributed by atoms with Crippen LogP contribution in [-0.4, -0.2) is 39.4 Å². The summed E-state index contributed by atoms with van der Waals surface area (Å²) in [5.41, 5.74) is -0.783. The molecule has 2 N–H and O–H groups in total. The van der Waals surface area contributed by atoms with E-state index in [1.54, 1.807) is 6.92 Å². The number of aliphatic hydroxyl groups excluding tert-OH is 1. The van der Waals surface area contributed by atoms with Crippen molar-refractivity contribution >= 4 is 5.97 Å². The van der Waals surface area contributed by atoms with Gasteiger partial charge < -0.3 is 14.6 Å². The molecule has 0 radical (unpaired) electrons. The van der Waals surface area contributed by atoms with Crippen LogP contribution in [-0.2, 0) is 14.3 Å². The minimum atomic E-state index is -1.12. The molecule has 0 aliphatic carbocycles. The molecule has 0 aromatic carbocycles. The number of esters is 1. The van der Waals surface area contributed by atoms with E-state index in [9.17, 15) is 19.5 Å². The fourth-order valence-electron chi connectivity index (χ4n) is 2.24. The molecule has 1 aromatic heterocycles. The van der Waals surface area contributed by atoms with Gasteiger partial charge in [-0.3, -0.25) is 14.3 Å². The van der Waals surface area contributed by atoms with E-state index in [-0.39, 0.29) is 13.0 Å². The van der Waals surface area contributed by atoms with Gasteiger partial charge in [0, 0.05) is 18.2 Å². The van der Waals surface area contributed by atoms with Crippen LogP contribution in [0.3, 0.4) is 0 Å². The number of nitrogens with zero attached hydrogens (tertiary/aromatic N) is 1.